The monoisotopic (exact) mass is 383 g/mol. The maximum absolute atomic E-state index is 12.1. The third-order valence-corrected chi connectivity index (χ3v) is 4.22. The number of aromatic nitrogens is 3. The van der Waals surface area contributed by atoms with E-state index in [1.54, 1.807) is 35.3 Å². The Labute approximate surface area is 161 Å². The van der Waals surface area contributed by atoms with Gasteiger partial charge in [-0.2, -0.15) is 5.10 Å². The second-order valence-electron chi connectivity index (χ2n) is 5.91. The zero-order chi connectivity index (χ0) is 19.2. The van der Waals surface area contributed by atoms with Gasteiger partial charge in [-0.1, -0.05) is 23.7 Å². The van der Waals surface area contributed by atoms with Gasteiger partial charge in [0.25, 0.3) is 5.91 Å². The van der Waals surface area contributed by atoms with E-state index in [9.17, 15) is 9.59 Å². The summed E-state index contributed by atoms with van der Waals surface area (Å²) < 4.78 is 1.65. The second kappa shape index (κ2) is 8.46. The number of nitrogens with one attached hydrogen (secondary N) is 2. The van der Waals surface area contributed by atoms with Crippen LogP contribution in [-0.4, -0.2) is 33.1 Å². The highest BCUT2D eigenvalue weighted by molar-refractivity contribution is 6.30. The number of nitrogens with zero attached hydrogens (tertiary/aromatic N) is 3. The molecule has 0 aliphatic carbocycles. The summed E-state index contributed by atoms with van der Waals surface area (Å²) in [7, 11) is 0. The van der Waals surface area contributed by atoms with E-state index in [4.69, 9.17) is 11.6 Å². The van der Waals surface area contributed by atoms with Gasteiger partial charge in [0.05, 0.1) is 18.3 Å². The van der Waals surface area contributed by atoms with Gasteiger partial charge in [-0.05, 0) is 48.9 Å². The maximum atomic E-state index is 12.1. The van der Waals surface area contributed by atoms with E-state index >= 15 is 0 Å². The molecule has 8 heteroatoms. The Morgan fingerprint density at radius 2 is 1.81 bits per heavy atom. The van der Waals surface area contributed by atoms with Gasteiger partial charge in [-0.3, -0.25) is 9.59 Å². The van der Waals surface area contributed by atoms with Crippen LogP contribution in [0.3, 0.4) is 0 Å². The van der Waals surface area contributed by atoms with E-state index in [0.29, 0.717) is 10.6 Å². The Hall–Kier alpha value is -3.19. The minimum absolute atomic E-state index is 0.108. The predicted molar refractivity (Wildman–Crippen MR) is 102 cm³/mol. The first-order valence-electron chi connectivity index (χ1n) is 8.31. The van der Waals surface area contributed by atoms with Crippen LogP contribution in [0.5, 0.6) is 0 Å². The summed E-state index contributed by atoms with van der Waals surface area (Å²) in [6, 6.07) is 13.9. The lowest BCUT2D eigenvalue weighted by Gasteiger charge is -2.15. The van der Waals surface area contributed by atoms with E-state index < -0.39 is 0 Å². The van der Waals surface area contributed by atoms with Crippen molar-refractivity contribution in [3.8, 4) is 5.69 Å². The van der Waals surface area contributed by atoms with Crippen LogP contribution >= 0.6 is 11.6 Å². The molecule has 2 aromatic carbocycles. The van der Waals surface area contributed by atoms with E-state index in [-0.39, 0.29) is 24.4 Å². The minimum Gasteiger partial charge on any atom is -0.348 e. The molecule has 7 nitrogen and oxygen atoms in total. The highest BCUT2D eigenvalue weighted by Gasteiger charge is 2.12. The molecule has 1 atom stereocenters. The predicted octanol–water partition coefficient (Wildman–Crippen LogP) is 2.53. The van der Waals surface area contributed by atoms with Gasteiger partial charge in [0, 0.05) is 10.6 Å². The van der Waals surface area contributed by atoms with Crippen molar-refractivity contribution < 1.29 is 9.59 Å². The lowest BCUT2D eigenvalue weighted by atomic mass is 10.1. The van der Waals surface area contributed by atoms with Crippen molar-refractivity contribution in [3.05, 3.63) is 77.3 Å². The maximum Gasteiger partial charge on any atom is 0.251 e. The standard InChI is InChI=1S/C19H18ClN5O2/c1-13(14-4-8-17(9-5-14)25-12-21-11-23-25)24-18(26)10-22-19(27)15-2-6-16(20)7-3-15/h2-9,11-13H,10H2,1H3,(H,22,27)(H,24,26). The normalized spacial score (nSPS) is 11.6. The molecule has 0 radical (unpaired) electrons. The van der Waals surface area contributed by atoms with Crippen LogP contribution in [0.2, 0.25) is 5.02 Å². The van der Waals surface area contributed by atoms with Gasteiger partial charge in [0.1, 0.15) is 12.7 Å². The third kappa shape index (κ3) is 4.92. The number of halogens is 1. The molecule has 0 aliphatic heterocycles. The van der Waals surface area contributed by atoms with Crippen molar-refractivity contribution in [1.29, 1.82) is 0 Å². The van der Waals surface area contributed by atoms with Gasteiger partial charge < -0.3 is 10.6 Å². The number of hydrogen-bond donors (Lipinski definition) is 2. The Morgan fingerprint density at radius 3 is 2.44 bits per heavy atom. The fourth-order valence-electron chi connectivity index (χ4n) is 2.50. The molecular formula is C19H18ClN5O2. The molecule has 1 heterocycles. The Morgan fingerprint density at radius 1 is 1.11 bits per heavy atom. The van der Waals surface area contributed by atoms with Gasteiger partial charge >= 0.3 is 0 Å². The van der Waals surface area contributed by atoms with Crippen LogP contribution < -0.4 is 10.6 Å². The summed E-state index contributed by atoms with van der Waals surface area (Å²) in [6.45, 7) is 1.77. The topological polar surface area (TPSA) is 88.9 Å². The molecule has 0 aliphatic rings. The summed E-state index contributed by atoms with van der Waals surface area (Å²) in [5.41, 5.74) is 2.27. The second-order valence-corrected chi connectivity index (χ2v) is 6.35. The van der Waals surface area contributed by atoms with E-state index in [2.05, 4.69) is 20.7 Å². The molecule has 1 unspecified atom stereocenters. The van der Waals surface area contributed by atoms with Crippen molar-refractivity contribution >= 4 is 23.4 Å². The summed E-state index contributed by atoms with van der Waals surface area (Å²) in [5, 5.41) is 10.1. The molecule has 138 valence electrons. The number of benzene rings is 2. The van der Waals surface area contributed by atoms with Crippen molar-refractivity contribution in [1.82, 2.24) is 25.4 Å². The number of carbonyl (C=O) groups is 2. The molecule has 2 amide bonds. The molecule has 1 aromatic heterocycles. The zero-order valence-corrected chi connectivity index (χ0v) is 15.3. The lowest BCUT2D eigenvalue weighted by Crippen LogP contribution is -2.38. The van der Waals surface area contributed by atoms with Crippen LogP contribution in [0.25, 0.3) is 5.69 Å². The molecule has 0 saturated carbocycles. The lowest BCUT2D eigenvalue weighted by molar-refractivity contribution is -0.120. The van der Waals surface area contributed by atoms with Crippen molar-refractivity contribution in [3.63, 3.8) is 0 Å². The number of hydrogen-bond acceptors (Lipinski definition) is 4. The fourth-order valence-corrected chi connectivity index (χ4v) is 2.62. The molecule has 27 heavy (non-hydrogen) atoms. The first-order chi connectivity index (χ1) is 13.0. The van der Waals surface area contributed by atoms with Crippen LogP contribution in [0.4, 0.5) is 0 Å². The summed E-state index contributed by atoms with van der Waals surface area (Å²) in [6.07, 6.45) is 3.08. The number of carbonyl (C=O) groups excluding carboxylic acids is 2. The molecule has 0 saturated heterocycles. The summed E-state index contributed by atoms with van der Waals surface area (Å²) in [5.74, 6) is -0.600. The highest BCUT2D eigenvalue weighted by Crippen LogP contribution is 2.15. The van der Waals surface area contributed by atoms with Crippen LogP contribution in [-0.2, 0) is 4.79 Å². The quantitative estimate of drug-likeness (QED) is 0.684. The first-order valence-corrected chi connectivity index (χ1v) is 8.69. The van der Waals surface area contributed by atoms with Crippen molar-refractivity contribution in [2.45, 2.75) is 13.0 Å². The molecule has 0 bridgehead atoms. The van der Waals surface area contributed by atoms with Crippen molar-refractivity contribution in [2.24, 2.45) is 0 Å². The largest absolute Gasteiger partial charge is 0.348 e. The Kier molecular flexibility index (Phi) is 5.83. The van der Waals surface area contributed by atoms with Crippen LogP contribution in [0.15, 0.2) is 61.2 Å². The summed E-state index contributed by atoms with van der Waals surface area (Å²) in [4.78, 5) is 28.0. The first kappa shape index (κ1) is 18.6. The van der Waals surface area contributed by atoms with Crippen molar-refractivity contribution in [2.75, 3.05) is 6.54 Å². The summed E-state index contributed by atoms with van der Waals surface area (Å²) >= 11 is 5.79. The van der Waals surface area contributed by atoms with E-state index in [1.807, 2.05) is 31.2 Å². The van der Waals surface area contributed by atoms with Gasteiger partial charge in [0.2, 0.25) is 5.91 Å². The highest BCUT2D eigenvalue weighted by atomic mass is 35.5. The van der Waals surface area contributed by atoms with E-state index in [0.717, 1.165) is 11.3 Å². The Balaban J connectivity index is 1.51. The van der Waals surface area contributed by atoms with Gasteiger partial charge in [-0.15, -0.1) is 0 Å². The average Bonchev–Trinajstić information content (AvgIpc) is 3.21. The molecule has 3 rings (SSSR count). The zero-order valence-electron chi connectivity index (χ0n) is 14.6. The number of amides is 2. The minimum atomic E-state index is -0.327. The molecule has 0 spiro atoms. The third-order valence-electron chi connectivity index (χ3n) is 3.97. The number of rotatable bonds is 6. The van der Waals surface area contributed by atoms with Gasteiger partial charge in [-0.25, -0.2) is 9.67 Å². The van der Waals surface area contributed by atoms with E-state index in [1.165, 1.54) is 6.33 Å². The average molecular weight is 384 g/mol. The molecule has 2 N–H and O–H groups in total. The van der Waals surface area contributed by atoms with Crippen LogP contribution in [0, 0.1) is 0 Å². The molecule has 3 aromatic rings. The van der Waals surface area contributed by atoms with Gasteiger partial charge in [0.15, 0.2) is 0 Å². The fraction of sp³-hybridized carbons (Fsp3) is 0.158. The Bertz CT molecular complexity index is 908. The van der Waals surface area contributed by atoms with Crippen LogP contribution in [0.1, 0.15) is 28.9 Å². The smallest absolute Gasteiger partial charge is 0.251 e. The molecular weight excluding hydrogens is 366 g/mol. The SMILES string of the molecule is CC(NC(=O)CNC(=O)c1ccc(Cl)cc1)c1ccc(-n2cncn2)cc1. The molecule has 0 fully saturated rings.